The highest BCUT2D eigenvalue weighted by Crippen LogP contribution is 2.30. The van der Waals surface area contributed by atoms with Crippen molar-refractivity contribution in [3.63, 3.8) is 0 Å². The van der Waals surface area contributed by atoms with Gasteiger partial charge in [-0.3, -0.25) is 0 Å². The van der Waals surface area contributed by atoms with E-state index in [0.717, 1.165) is 24.0 Å². The van der Waals surface area contributed by atoms with Crippen molar-refractivity contribution in [2.24, 2.45) is 0 Å². The van der Waals surface area contributed by atoms with Gasteiger partial charge in [-0.25, -0.2) is 4.79 Å². The number of carbonyl (C=O) groups excluding carboxylic acids is 1. The Morgan fingerprint density at radius 2 is 2.14 bits per heavy atom. The van der Waals surface area contributed by atoms with E-state index in [1.54, 1.807) is 11.1 Å². The number of hydrogen-bond donors (Lipinski definition) is 1. The maximum Gasteiger partial charge on any atom is 0.370 e. The second-order valence-electron chi connectivity index (χ2n) is 5.63. The minimum absolute atomic E-state index is 0.0691. The number of carbonyl (C=O) groups is 1. The zero-order chi connectivity index (χ0) is 15.5. The lowest BCUT2D eigenvalue weighted by Gasteiger charge is -2.42. The number of aliphatic hydroxyl groups excluding tert-OH is 1. The number of aliphatic hydroxyl groups is 1. The maximum atomic E-state index is 13.0. The highest BCUT2D eigenvalue weighted by Gasteiger charge is 2.45. The molecular formula is C17H25N2O2+. The van der Waals surface area contributed by atoms with Gasteiger partial charge in [-0.15, -0.1) is 4.59 Å². The minimum Gasteiger partial charge on any atom is -0.492 e. The van der Waals surface area contributed by atoms with Gasteiger partial charge < -0.3 is 5.11 Å². The average Bonchev–Trinajstić information content (AvgIpc) is 2.47. The molecule has 114 valence electrons. The summed E-state index contributed by atoms with van der Waals surface area (Å²) in [6, 6.07) is 0. The lowest BCUT2D eigenvalue weighted by atomic mass is 10.1. The van der Waals surface area contributed by atoms with E-state index in [0.29, 0.717) is 19.5 Å². The Morgan fingerprint density at radius 1 is 1.38 bits per heavy atom. The molecule has 4 nitrogen and oxygen atoms in total. The first-order valence-electron chi connectivity index (χ1n) is 7.71. The molecule has 2 aliphatic heterocycles. The Kier molecular flexibility index (Phi) is 4.68. The van der Waals surface area contributed by atoms with Gasteiger partial charge in [0.15, 0.2) is 0 Å². The van der Waals surface area contributed by atoms with Crippen molar-refractivity contribution in [2.45, 2.75) is 40.0 Å². The summed E-state index contributed by atoms with van der Waals surface area (Å²) in [5.74, 6) is 0.239. The van der Waals surface area contributed by atoms with E-state index in [4.69, 9.17) is 0 Å². The Bertz CT molecular complexity index is 543. The summed E-state index contributed by atoms with van der Waals surface area (Å²) in [4.78, 5) is 13.0. The predicted molar refractivity (Wildman–Crippen MR) is 83.7 cm³/mol. The van der Waals surface area contributed by atoms with E-state index in [9.17, 15) is 9.90 Å². The Hall–Kier alpha value is -1.81. The summed E-state index contributed by atoms with van der Waals surface area (Å²) < 4.78 is 0.0691. The third-order valence-electron chi connectivity index (χ3n) is 4.13. The first-order chi connectivity index (χ1) is 10.0. The maximum absolute atomic E-state index is 13.0. The molecule has 21 heavy (non-hydrogen) atoms. The van der Waals surface area contributed by atoms with Gasteiger partial charge in [0.05, 0.1) is 12.1 Å². The van der Waals surface area contributed by atoms with Crippen LogP contribution in [0.2, 0.25) is 0 Å². The number of allylic oxidation sites excluding steroid dienone is 4. The first-order valence-corrected chi connectivity index (χ1v) is 7.71. The summed E-state index contributed by atoms with van der Waals surface area (Å²) in [5.41, 5.74) is 1.84. The molecule has 0 aliphatic carbocycles. The van der Waals surface area contributed by atoms with Crippen LogP contribution in [0.15, 0.2) is 47.5 Å². The third kappa shape index (κ3) is 2.81. The first kappa shape index (κ1) is 15.6. The van der Waals surface area contributed by atoms with Crippen LogP contribution in [0.25, 0.3) is 0 Å². The van der Waals surface area contributed by atoms with Crippen molar-refractivity contribution in [2.75, 3.05) is 13.1 Å². The Morgan fingerprint density at radius 3 is 2.76 bits per heavy atom. The largest absolute Gasteiger partial charge is 0.492 e. The monoisotopic (exact) mass is 289 g/mol. The number of amides is 1. The quantitative estimate of drug-likeness (QED) is 0.787. The molecule has 0 aromatic carbocycles. The fourth-order valence-corrected chi connectivity index (χ4v) is 2.83. The van der Waals surface area contributed by atoms with Gasteiger partial charge in [-0.2, -0.15) is 5.01 Å². The zero-order valence-corrected chi connectivity index (χ0v) is 13.2. The zero-order valence-electron chi connectivity index (χ0n) is 13.2. The van der Waals surface area contributed by atoms with Crippen molar-refractivity contribution in [1.82, 2.24) is 5.01 Å². The topological polar surface area (TPSA) is 40.5 Å². The summed E-state index contributed by atoms with van der Waals surface area (Å²) >= 11 is 0. The van der Waals surface area contributed by atoms with Gasteiger partial charge in [0.2, 0.25) is 5.88 Å². The van der Waals surface area contributed by atoms with Crippen molar-refractivity contribution in [3.8, 4) is 0 Å². The molecule has 1 N–H and O–H groups in total. The van der Waals surface area contributed by atoms with Gasteiger partial charge in [-0.05, 0) is 37.5 Å². The molecule has 2 aliphatic rings. The fourth-order valence-electron chi connectivity index (χ4n) is 2.83. The molecule has 1 atom stereocenters. The van der Waals surface area contributed by atoms with Crippen LogP contribution in [0, 0.1) is 0 Å². The molecule has 2 rings (SSSR count). The van der Waals surface area contributed by atoms with Crippen LogP contribution >= 0.6 is 0 Å². The lowest BCUT2D eigenvalue weighted by molar-refractivity contribution is -0.919. The molecule has 0 saturated heterocycles. The van der Waals surface area contributed by atoms with Crippen LogP contribution in [0.4, 0.5) is 0 Å². The minimum atomic E-state index is 0.0691. The number of rotatable bonds is 5. The molecule has 2 heterocycles. The van der Waals surface area contributed by atoms with Crippen molar-refractivity contribution >= 4 is 5.91 Å². The average molecular weight is 289 g/mol. The van der Waals surface area contributed by atoms with Crippen molar-refractivity contribution in [3.05, 3.63) is 47.5 Å². The van der Waals surface area contributed by atoms with Crippen LogP contribution < -0.4 is 0 Å². The standard InChI is InChI=1S/C17H24N2O2/c1-4-6-11-19(12-7-8-15(5-2)17(19)21)18-10-9-14(3)13-16(18)20/h7-9,12-13H,4-6,10-11H2,1-3H3/p+1. The normalized spacial score (nSPS) is 25.6. The second kappa shape index (κ2) is 6.31. The molecule has 0 saturated carbocycles. The Labute approximate surface area is 126 Å². The molecule has 4 heteroatoms. The van der Waals surface area contributed by atoms with E-state index in [1.165, 1.54) is 0 Å². The second-order valence-corrected chi connectivity index (χ2v) is 5.63. The van der Waals surface area contributed by atoms with Crippen LogP contribution in [-0.2, 0) is 4.79 Å². The summed E-state index contributed by atoms with van der Waals surface area (Å²) in [6.07, 6.45) is 12.1. The molecule has 1 unspecified atom stereocenters. The Balaban J connectivity index is 2.40. The number of unbranched alkanes of at least 4 members (excludes halogenated alkanes) is 1. The number of hydrogen-bond acceptors (Lipinski definition) is 3. The smallest absolute Gasteiger partial charge is 0.370 e. The summed E-state index contributed by atoms with van der Waals surface area (Å²) in [6.45, 7) is 7.28. The van der Waals surface area contributed by atoms with Crippen LogP contribution in [0.3, 0.4) is 0 Å². The predicted octanol–water partition coefficient (Wildman–Crippen LogP) is 3.57. The van der Waals surface area contributed by atoms with Crippen LogP contribution in [0.5, 0.6) is 0 Å². The molecule has 0 aromatic rings. The van der Waals surface area contributed by atoms with Gasteiger partial charge in [0.25, 0.3) is 0 Å². The van der Waals surface area contributed by atoms with E-state index >= 15 is 0 Å². The van der Waals surface area contributed by atoms with E-state index in [2.05, 4.69) is 6.92 Å². The van der Waals surface area contributed by atoms with Crippen molar-refractivity contribution in [1.29, 1.82) is 0 Å². The van der Waals surface area contributed by atoms with Crippen LogP contribution in [0.1, 0.15) is 40.0 Å². The molecule has 1 amide bonds. The molecule has 0 aromatic heterocycles. The molecular weight excluding hydrogens is 264 g/mol. The van der Waals surface area contributed by atoms with E-state index in [-0.39, 0.29) is 16.4 Å². The van der Waals surface area contributed by atoms with Gasteiger partial charge >= 0.3 is 5.91 Å². The number of quaternary nitrogens is 1. The summed E-state index contributed by atoms with van der Waals surface area (Å²) in [5, 5.41) is 12.1. The van der Waals surface area contributed by atoms with Crippen molar-refractivity contribution < 1.29 is 14.5 Å². The molecule has 0 spiro atoms. The highest BCUT2D eigenvalue weighted by molar-refractivity contribution is 5.89. The third-order valence-corrected chi connectivity index (χ3v) is 4.13. The molecule has 0 fully saturated rings. The summed E-state index contributed by atoms with van der Waals surface area (Å²) in [7, 11) is 0. The number of nitrogens with zero attached hydrogens (tertiary/aromatic N) is 2. The van der Waals surface area contributed by atoms with Gasteiger partial charge in [-0.1, -0.05) is 26.3 Å². The SMILES string of the molecule is CCCC[N+]1(N2CC=C(C)C=C2O)C=CC=C(CC)C1=O. The van der Waals surface area contributed by atoms with Crippen LogP contribution in [-0.4, -0.2) is 33.7 Å². The van der Waals surface area contributed by atoms with E-state index in [1.807, 2.05) is 38.3 Å². The van der Waals surface area contributed by atoms with Gasteiger partial charge in [0.1, 0.15) is 12.7 Å². The molecule has 0 radical (unpaired) electrons. The van der Waals surface area contributed by atoms with E-state index < -0.39 is 0 Å². The molecule has 0 bridgehead atoms. The lowest BCUT2D eigenvalue weighted by Crippen LogP contribution is -2.61. The fraction of sp³-hybridized carbons (Fsp3) is 0.471. The highest BCUT2D eigenvalue weighted by atomic mass is 16.3. The van der Waals surface area contributed by atoms with Gasteiger partial charge in [0, 0.05) is 6.08 Å².